The molecule has 0 aromatic heterocycles. The van der Waals surface area contributed by atoms with Gasteiger partial charge in [0.2, 0.25) is 5.72 Å². The number of rotatable bonds is 0. The van der Waals surface area contributed by atoms with Gasteiger partial charge >= 0.3 is 0 Å². The lowest BCUT2D eigenvalue weighted by Crippen LogP contribution is -2.42. The van der Waals surface area contributed by atoms with Gasteiger partial charge in [-0.15, -0.1) is 0 Å². The van der Waals surface area contributed by atoms with Crippen molar-refractivity contribution in [3.63, 3.8) is 0 Å². The van der Waals surface area contributed by atoms with Gasteiger partial charge in [0, 0.05) is 22.2 Å². The lowest BCUT2D eigenvalue weighted by molar-refractivity contribution is 0.145. The molecule has 0 saturated heterocycles. The van der Waals surface area contributed by atoms with Crippen molar-refractivity contribution in [2.24, 2.45) is 0 Å². The van der Waals surface area contributed by atoms with Gasteiger partial charge in [-0.1, -0.05) is 72.8 Å². The summed E-state index contributed by atoms with van der Waals surface area (Å²) in [5.41, 5.74) is 5.25. The van der Waals surface area contributed by atoms with Crippen LogP contribution in [0, 0.1) is 0 Å². The van der Waals surface area contributed by atoms with E-state index in [9.17, 15) is 0 Å². The maximum absolute atomic E-state index is 6.69. The van der Waals surface area contributed by atoms with Crippen LogP contribution in [0.5, 0.6) is 5.75 Å². The van der Waals surface area contributed by atoms with Gasteiger partial charge in [0.05, 0.1) is 0 Å². The molecule has 1 aliphatic carbocycles. The Labute approximate surface area is 145 Å². The van der Waals surface area contributed by atoms with Crippen LogP contribution in [0.2, 0.25) is 0 Å². The molecule has 0 amide bonds. The van der Waals surface area contributed by atoms with E-state index in [0.717, 1.165) is 16.8 Å². The summed E-state index contributed by atoms with van der Waals surface area (Å²) in [6.07, 6.45) is 0. The van der Waals surface area contributed by atoms with Gasteiger partial charge in [0.1, 0.15) is 5.75 Å². The fraction of sp³-hybridized carbons (Fsp3) is 0.0435. The molecule has 1 heterocycles. The summed E-state index contributed by atoms with van der Waals surface area (Å²) >= 11 is 0. The largest absolute Gasteiger partial charge is 0.459 e. The van der Waals surface area contributed by atoms with Gasteiger partial charge in [-0.25, -0.2) is 0 Å². The lowest BCUT2D eigenvalue weighted by atomic mass is 9.96. The number of hydrogen-bond donors (Lipinski definition) is 1. The van der Waals surface area contributed by atoms with Crippen molar-refractivity contribution >= 4 is 16.5 Å². The summed E-state index contributed by atoms with van der Waals surface area (Å²) < 4.78 is 6.69. The van der Waals surface area contributed by atoms with Crippen molar-refractivity contribution < 1.29 is 4.74 Å². The van der Waals surface area contributed by atoms with Crippen LogP contribution < -0.4 is 10.1 Å². The Kier molecular flexibility index (Phi) is 2.31. The summed E-state index contributed by atoms with van der Waals surface area (Å²) in [4.78, 5) is 0. The van der Waals surface area contributed by atoms with Gasteiger partial charge in [0.25, 0.3) is 0 Å². The highest BCUT2D eigenvalue weighted by atomic mass is 16.5. The third-order valence-corrected chi connectivity index (χ3v) is 5.34. The first-order valence-corrected chi connectivity index (χ1v) is 8.55. The van der Waals surface area contributed by atoms with Gasteiger partial charge in [-0.05, 0) is 28.6 Å². The average Bonchev–Trinajstić information content (AvgIpc) is 2.93. The molecule has 1 aliphatic heterocycles. The maximum atomic E-state index is 6.69. The zero-order valence-electron chi connectivity index (χ0n) is 13.5. The number of hydrogen-bond acceptors (Lipinski definition) is 2. The van der Waals surface area contributed by atoms with Crippen LogP contribution >= 0.6 is 0 Å². The third-order valence-electron chi connectivity index (χ3n) is 5.34. The fourth-order valence-electron chi connectivity index (χ4n) is 4.32. The summed E-state index contributed by atoms with van der Waals surface area (Å²) in [6, 6.07) is 29.6. The molecule has 0 bridgehead atoms. The second kappa shape index (κ2) is 4.42. The molecule has 0 atom stereocenters. The predicted octanol–water partition coefficient (Wildman–Crippen LogP) is 5.53. The number of ether oxygens (including phenoxy) is 1. The minimum atomic E-state index is -0.671. The highest BCUT2D eigenvalue weighted by molar-refractivity contribution is 6.01. The Hall–Kier alpha value is -3.26. The second-order valence-corrected chi connectivity index (χ2v) is 6.66. The zero-order chi connectivity index (χ0) is 16.4. The number of nitrogens with one attached hydrogen (secondary N) is 1. The van der Waals surface area contributed by atoms with Crippen molar-refractivity contribution in [1.82, 2.24) is 0 Å². The summed E-state index contributed by atoms with van der Waals surface area (Å²) in [7, 11) is 0. The topological polar surface area (TPSA) is 21.3 Å². The normalized spacial score (nSPS) is 15.4. The first-order valence-electron chi connectivity index (χ1n) is 8.55. The number of benzene rings is 4. The number of anilines is 1. The first-order chi connectivity index (χ1) is 12.4. The van der Waals surface area contributed by atoms with E-state index in [1.165, 1.54) is 27.6 Å². The predicted molar refractivity (Wildman–Crippen MR) is 101 cm³/mol. The molecule has 4 aromatic rings. The Morgan fingerprint density at radius 1 is 0.640 bits per heavy atom. The Morgan fingerprint density at radius 2 is 1.28 bits per heavy atom. The van der Waals surface area contributed by atoms with Crippen molar-refractivity contribution in [3.05, 3.63) is 96.1 Å². The van der Waals surface area contributed by atoms with Crippen molar-refractivity contribution in [2.75, 3.05) is 5.32 Å². The van der Waals surface area contributed by atoms with Crippen molar-refractivity contribution in [1.29, 1.82) is 0 Å². The van der Waals surface area contributed by atoms with Crippen LogP contribution in [0.1, 0.15) is 11.1 Å². The van der Waals surface area contributed by atoms with E-state index in [2.05, 4.69) is 90.2 Å². The van der Waals surface area contributed by atoms with Crippen LogP contribution in [0.15, 0.2) is 84.9 Å². The second-order valence-electron chi connectivity index (χ2n) is 6.66. The molecule has 1 N–H and O–H groups in total. The van der Waals surface area contributed by atoms with Crippen LogP contribution in [0.4, 0.5) is 5.69 Å². The lowest BCUT2D eigenvalue weighted by Gasteiger charge is -2.38. The molecule has 0 fully saturated rings. The molecule has 118 valence electrons. The molecule has 0 unspecified atom stereocenters. The molecular weight excluding hydrogens is 306 g/mol. The Balaban J connectivity index is 1.70. The molecule has 4 aromatic carbocycles. The van der Waals surface area contributed by atoms with E-state index in [-0.39, 0.29) is 0 Å². The standard InChI is InChI=1S/C23H15NO/c1-3-11-18-16(9-1)17-10-2-4-12-19(17)23(18)24-20-13-5-7-15-8-6-14-21(25-23)22(15)20/h1-14,24H. The van der Waals surface area contributed by atoms with Crippen LogP contribution in [-0.2, 0) is 5.72 Å². The van der Waals surface area contributed by atoms with Crippen molar-refractivity contribution in [3.8, 4) is 16.9 Å². The minimum Gasteiger partial charge on any atom is -0.459 e. The zero-order valence-corrected chi connectivity index (χ0v) is 13.5. The summed E-state index contributed by atoms with van der Waals surface area (Å²) in [6.45, 7) is 0. The van der Waals surface area contributed by atoms with Crippen LogP contribution in [0.3, 0.4) is 0 Å². The first kappa shape index (κ1) is 13.1. The van der Waals surface area contributed by atoms with E-state index in [0.29, 0.717) is 0 Å². The van der Waals surface area contributed by atoms with Gasteiger partial charge in [-0.3, -0.25) is 0 Å². The minimum absolute atomic E-state index is 0.671. The van der Waals surface area contributed by atoms with Crippen LogP contribution in [0.25, 0.3) is 21.9 Å². The average molecular weight is 321 g/mol. The molecule has 2 nitrogen and oxygen atoms in total. The SMILES string of the molecule is c1ccc2c(c1)-c1ccccc1C21Nc2cccc3cccc(c23)O1. The van der Waals surface area contributed by atoms with Gasteiger partial charge < -0.3 is 10.1 Å². The smallest absolute Gasteiger partial charge is 0.234 e. The molecule has 1 spiro atoms. The quantitative estimate of drug-likeness (QED) is 0.460. The highest BCUT2D eigenvalue weighted by Gasteiger charge is 2.47. The number of fused-ring (bicyclic) bond motifs is 5. The Morgan fingerprint density at radius 3 is 2.00 bits per heavy atom. The monoisotopic (exact) mass is 321 g/mol. The maximum Gasteiger partial charge on any atom is 0.234 e. The molecule has 6 rings (SSSR count). The van der Waals surface area contributed by atoms with E-state index in [1.54, 1.807) is 0 Å². The van der Waals surface area contributed by atoms with E-state index in [4.69, 9.17) is 4.74 Å². The fourth-order valence-corrected chi connectivity index (χ4v) is 4.32. The molecular formula is C23H15NO. The van der Waals surface area contributed by atoms with Gasteiger partial charge in [0.15, 0.2) is 0 Å². The van der Waals surface area contributed by atoms with E-state index >= 15 is 0 Å². The summed E-state index contributed by atoms with van der Waals surface area (Å²) in [5, 5.41) is 6.07. The molecule has 2 aliphatic rings. The van der Waals surface area contributed by atoms with E-state index < -0.39 is 5.72 Å². The Bertz CT molecular complexity index is 1070. The highest BCUT2D eigenvalue weighted by Crippen LogP contribution is 2.53. The van der Waals surface area contributed by atoms with Crippen molar-refractivity contribution in [2.45, 2.75) is 5.72 Å². The van der Waals surface area contributed by atoms with E-state index in [1.807, 2.05) is 0 Å². The molecule has 0 radical (unpaired) electrons. The molecule has 25 heavy (non-hydrogen) atoms. The van der Waals surface area contributed by atoms with Gasteiger partial charge in [-0.2, -0.15) is 0 Å². The molecule has 2 heteroatoms. The van der Waals surface area contributed by atoms with Crippen LogP contribution in [-0.4, -0.2) is 0 Å². The molecule has 0 saturated carbocycles. The third kappa shape index (κ3) is 1.54. The summed E-state index contributed by atoms with van der Waals surface area (Å²) in [5.74, 6) is 0.929.